The number of halogens is 1. The Balaban J connectivity index is 1.97. The second-order valence-corrected chi connectivity index (χ2v) is 5.57. The summed E-state index contributed by atoms with van der Waals surface area (Å²) in [6, 6.07) is 8.46. The summed E-state index contributed by atoms with van der Waals surface area (Å²) in [5, 5.41) is 3.35. The van der Waals surface area contributed by atoms with Gasteiger partial charge in [-0.1, -0.05) is 26.0 Å². The zero-order valence-corrected chi connectivity index (χ0v) is 12.7. The summed E-state index contributed by atoms with van der Waals surface area (Å²) in [7, 11) is 0. The number of nitrogens with zero attached hydrogens (tertiary/aromatic N) is 1. The number of hydrogen-bond donors (Lipinski definition) is 1. The molecule has 1 heterocycles. The van der Waals surface area contributed by atoms with E-state index in [2.05, 4.69) is 24.1 Å². The predicted octanol–water partition coefficient (Wildman–Crippen LogP) is 4.07. The van der Waals surface area contributed by atoms with Gasteiger partial charge >= 0.3 is 0 Å². The molecule has 0 aliphatic carbocycles. The third kappa shape index (κ3) is 4.83. The Labute approximate surface area is 125 Å². The van der Waals surface area contributed by atoms with Gasteiger partial charge in [0, 0.05) is 18.8 Å². The standard InChI is InChI=1S/C17H21FN2O/c1-12(2)9-19-10-14-5-7-17(20-11-14)21-16-8-13(3)4-6-15(16)18/h4-8,11-12,19H,9-10H2,1-3H3. The molecule has 1 N–H and O–H groups in total. The largest absolute Gasteiger partial charge is 0.436 e. The van der Waals surface area contributed by atoms with Gasteiger partial charge < -0.3 is 10.1 Å². The fourth-order valence-corrected chi connectivity index (χ4v) is 1.88. The van der Waals surface area contributed by atoms with Gasteiger partial charge in [0.15, 0.2) is 11.6 Å². The zero-order valence-electron chi connectivity index (χ0n) is 12.7. The van der Waals surface area contributed by atoms with E-state index in [-0.39, 0.29) is 11.6 Å². The fourth-order valence-electron chi connectivity index (χ4n) is 1.88. The Bertz CT molecular complexity index is 582. The number of ether oxygens (including phenoxy) is 1. The van der Waals surface area contributed by atoms with Crippen molar-refractivity contribution in [1.29, 1.82) is 0 Å². The molecule has 21 heavy (non-hydrogen) atoms. The lowest BCUT2D eigenvalue weighted by Crippen LogP contribution is -2.18. The van der Waals surface area contributed by atoms with Crippen LogP contribution in [0, 0.1) is 18.7 Å². The Kier molecular flexibility index (Phi) is 5.28. The Hall–Kier alpha value is -1.94. The molecule has 0 spiro atoms. The summed E-state index contributed by atoms with van der Waals surface area (Å²) in [5.74, 6) is 0.829. The molecule has 112 valence electrons. The van der Waals surface area contributed by atoms with Crippen molar-refractivity contribution in [2.45, 2.75) is 27.3 Å². The maximum absolute atomic E-state index is 13.6. The summed E-state index contributed by atoms with van der Waals surface area (Å²) < 4.78 is 19.1. The second-order valence-electron chi connectivity index (χ2n) is 5.57. The van der Waals surface area contributed by atoms with Crippen molar-refractivity contribution in [2.75, 3.05) is 6.54 Å². The van der Waals surface area contributed by atoms with Crippen LogP contribution in [0.15, 0.2) is 36.5 Å². The molecule has 0 aliphatic heterocycles. The van der Waals surface area contributed by atoms with Crippen molar-refractivity contribution < 1.29 is 9.13 Å². The molecule has 0 fully saturated rings. The Morgan fingerprint density at radius 3 is 2.71 bits per heavy atom. The van der Waals surface area contributed by atoms with Gasteiger partial charge in [-0.3, -0.25) is 0 Å². The van der Waals surface area contributed by atoms with Crippen LogP contribution in [0.5, 0.6) is 11.6 Å². The van der Waals surface area contributed by atoms with Crippen LogP contribution in [0.3, 0.4) is 0 Å². The van der Waals surface area contributed by atoms with Gasteiger partial charge in [0.1, 0.15) is 0 Å². The molecule has 0 saturated carbocycles. The first-order valence-electron chi connectivity index (χ1n) is 7.14. The molecule has 0 amide bonds. The number of aromatic nitrogens is 1. The lowest BCUT2D eigenvalue weighted by molar-refractivity contribution is 0.426. The van der Waals surface area contributed by atoms with Crippen LogP contribution >= 0.6 is 0 Å². The molecule has 1 aromatic carbocycles. The highest BCUT2D eigenvalue weighted by atomic mass is 19.1. The van der Waals surface area contributed by atoms with Gasteiger partial charge in [-0.2, -0.15) is 0 Å². The molecule has 0 bridgehead atoms. The van der Waals surface area contributed by atoms with E-state index in [4.69, 9.17) is 4.74 Å². The summed E-state index contributed by atoms with van der Waals surface area (Å²) in [4.78, 5) is 4.21. The molecule has 0 unspecified atom stereocenters. The van der Waals surface area contributed by atoms with Crippen LogP contribution in [-0.2, 0) is 6.54 Å². The first-order valence-corrected chi connectivity index (χ1v) is 7.14. The minimum absolute atomic E-state index is 0.202. The summed E-state index contributed by atoms with van der Waals surface area (Å²) >= 11 is 0. The summed E-state index contributed by atoms with van der Waals surface area (Å²) in [5.41, 5.74) is 2.02. The molecule has 0 aliphatic rings. The smallest absolute Gasteiger partial charge is 0.219 e. The maximum Gasteiger partial charge on any atom is 0.219 e. The van der Waals surface area contributed by atoms with Crippen molar-refractivity contribution in [3.8, 4) is 11.6 Å². The van der Waals surface area contributed by atoms with E-state index >= 15 is 0 Å². The van der Waals surface area contributed by atoms with Crippen molar-refractivity contribution in [3.63, 3.8) is 0 Å². The average molecular weight is 288 g/mol. The van der Waals surface area contributed by atoms with Crippen LogP contribution < -0.4 is 10.1 Å². The van der Waals surface area contributed by atoms with E-state index in [1.165, 1.54) is 6.07 Å². The molecule has 4 heteroatoms. The molecule has 0 saturated heterocycles. The Morgan fingerprint density at radius 2 is 2.05 bits per heavy atom. The Morgan fingerprint density at radius 1 is 1.24 bits per heavy atom. The van der Waals surface area contributed by atoms with Crippen LogP contribution in [0.2, 0.25) is 0 Å². The number of hydrogen-bond acceptors (Lipinski definition) is 3. The van der Waals surface area contributed by atoms with Crippen LogP contribution in [0.1, 0.15) is 25.0 Å². The van der Waals surface area contributed by atoms with Crippen LogP contribution in [-0.4, -0.2) is 11.5 Å². The zero-order chi connectivity index (χ0) is 15.2. The highest BCUT2D eigenvalue weighted by Crippen LogP contribution is 2.24. The number of pyridine rings is 1. The van der Waals surface area contributed by atoms with E-state index in [1.54, 1.807) is 24.4 Å². The number of nitrogens with one attached hydrogen (secondary N) is 1. The van der Waals surface area contributed by atoms with Gasteiger partial charge in [-0.25, -0.2) is 9.37 Å². The quantitative estimate of drug-likeness (QED) is 0.870. The van der Waals surface area contributed by atoms with E-state index in [0.717, 1.165) is 24.2 Å². The first kappa shape index (κ1) is 15.4. The van der Waals surface area contributed by atoms with Gasteiger partial charge in [-0.05, 0) is 42.6 Å². The normalized spacial score (nSPS) is 10.9. The SMILES string of the molecule is Cc1ccc(F)c(Oc2ccc(CNCC(C)C)cn2)c1. The molecule has 2 rings (SSSR count). The molecule has 0 radical (unpaired) electrons. The lowest BCUT2D eigenvalue weighted by atomic mass is 10.2. The molecular weight excluding hydrogens is 267 g/mol. The first-order chi connectivity index (χ1) is 10.0. The average Bonchev–Trinajstić information content (AvgIpc) is 2.44. The lowest BCUT2D eigenvalue weighted by Gasteiger charge is -2.09. The molecule has 2 aromatic rings. The third-order valence-electron chi connectivity index (χ3n) is 2.98. The molecule has 3 nitrogen and oxygen atoms in total. The van der Waals surface area contributed by atoms with Crippen molar-refractivity contribution in [1.82, 2.24) is 10.3 Å². The highest BCUT2D eigenvalue weighted by molar-refractivity contribution is 5.32. The number of rotatable bonds is 6. The summed E-state index contributed by atoms with van der Waals surface area (Å²) in [6.07, 6.45) is 1.75. The minimum atomic E-state index is -0.384. The number of benzene rings is 1. The van der Waals surface area contributed by atoms with Crippen molar-refractivity contribution in [3.05, 3.63) is 53.5 Å². The van der Waals surface area contributed by atoms with E-state index in [1.807, 2.05) is 13.0 Å². The van der Waals surface area contributed by atoms with Gasteiger partial charge in [0.05, 0.1) is 0 Å². The minimum Gasteiger partial charge on any atom is -0.436 e. The van der Waals surface area contributed by atoms with Crippen LogP contribution in [0.4, 0.5) is 4.39 Å². The van der Waals surface area contributed by atoms with Gasteiger partial charge in [0.2, 0.25) is 5.88 Å². The van der Waals surface area contributed by atoms with E-state index in [9.17, 15) is 4.39 Å². The highest BCUT2D eigenvalue weighted by Gasteiger charge is 2.06. The number of aryl methyl sites for hydroxylation is 1. The summed E-state index contributed by atoms with van der Waals surface area (Å²) in [6.45, 7) is 7.96. The van der Waals surface area contributed by atoms with E-state index in [0.29, 0.717) is 11.8 Å². The van der Waals surface area contributed by atoms with Crippen molar-refractivity contribution in [2.24, 2.45) is 5.92 Å². The fraction of sp³-hybridized carbons (Fsp3) is 0.353. The third-order valence-corrected chi connectivity index (χ3v) is 2.98. The monoisotopic (exact) mass is 288 g/mol. The second kappa shape index (κ2) is 7.18. The molecule has 1 aromatic heterocycles. The molecular formula is C17H21FN2O. The predicted molar refractivity (Wildman–Crippen MR) is 82.0 cm³/mol. The van der Waals surface area contributed by atoms with Crippen molar-refractivity contribution >= 4 is 0 Å². The topological polar surface area (TPSA) is 34.1 Å². The van der Waals surface area contributed by atoms with Gasteiger partial charge in [0.25, 0.3) is 0 Å². The molecule has 0 atom stereocenters. The van der Waals surface area contributed by atoms with Crippen LogP contribution in [0.25, 0.3) is 0 Å². The van der Waals surface area contributed by atoms with Gasteiger partial charge in [-0.15, -0.1) is 0 Å². The van der Waals surface area contributed by atoms with E-state index < -0.39 is 0 Å². The maximum atomic E-state index is 13.6.